The van der Waals surface area contributed by atoms with Crippen LogP contribution in [0.1, 0.15) is 10.6 Å². The highest BCUT2D eigenvalue weighted by Gasteiger charge is 1.99. The van der Waals surface area contributed by atoms with Crippen molar-refractivity contribution < 1.29 is 0 Å². The van der Waals surface area contributed by atoms with Crippen LogP contribution < -0.4 is 5.32 Å². The summed E-state index contributed by atoms with van der Waals surface area (Å²) in [5, 5.41) is 13.0. The summed E-state index contributed by atoms with van der Waals surface area (Å²) >= 11 is 1.57. The third kappa shape index (κ3) is 2.11. The Balaban J connectivity index is 1.94. The molecule has 5 heteroatoms. The number of nitrogens with one attached hydrogen (secondary N) is 1. The van der Waals surface area contributed by atoms with Crippen LogP contribution in [0.2, 0.25) is 0 Å². The topological polar surface area (TPSA) is 42.7 Å². The molecular weight excluding hydrogens is 196 g/mol. The van der Waals surface area contributed by atoms with Crippen molar-refractivity contribution in [2.75, 3.05) is 5.32 Å². The van der Waals surface area contributed by atoms with Crippen molar-refractivity contribution >= 4 is 16.5 Å². The summed E-state index contributed by atoms with van der Waals surface area (Å²) in [7, 11) is 2.01. The van der Waals surface area contributed by atoms with E-state index < -0.39 is 0 Å². The maximum Gasteiger partial charge on any atom is 0.205 e. The van der Waals surface area contributed by atoms with Gasteiger partial charge in [0.25, 0.3) is 0 Å². The van der Waals surface area contributed by atoms with Crippen LogP contribution in [0.5, 0.6) is 0 Å². The van der Waals surface area contributed by atoms with Gasteiger partial charge < -0.3 is 9.88 Å². The molecule has 2 aromatic heterocycles. The highest BCUT2D eigenvalue weighted by Crippen LogP contribution is 2.14. The number of aromatic nitrogens is 3. The fraction of sp³-hybridized carbons (Fsp3) is 0.333. The van der Waals surface area contributed by atoms with Gasteiger partial charge in [0.1, 0.15) is 5.01 Å². The number of anilines is 1. The third-order valence-electron chi connectivity index (χ3n) is 1.86. The Kier molecular flexibility index (Phi) is 2.49. The van der Waals surface area contributed by atoms with Crippen molar-refractivity contribution in [1.82, 2.24) is 14.8 Å². The maximum atomic E-state index is 3.99. The molecule has 1 N–H and O–H groups in total. The fourth-order valence-electron chi connectivity index (χ4n) is 1.21. The molecule has 0 aliphatic carbocycles. The fourth-order valence-corrected chi connectivity index (χ4v) is 1.80. The van der Waals surface area contributed by atoms with Crippen LogP contribution in [0.15, 0.2) is 18.5 Å². The van der Waals surface area contributed by atoms with Gasteiger partial charge >= 0.3 is 0 Å². The average molecular weight is 208 g/mol. The molecule has 74 valence electrons. The van der Waals surface area contributed by atoms with E-state index in [-0.39, 0.29) is 0 Å². The van der Waals surface area contributed by atoms with Crippen molar-refractivity contribution in [3.05, 3.63) is 29.0 Å². The van der Waals surface area contributed by atoms with Crippen LogP contribution in [-0.2, 0) is 13.6 Å². The highest BCUT2D eigenvalue weighted by atomic mass is 32.1. The standard InChI is InChI=1S/C9H12N4S/c1-7-11-12-9(14-7)10-5-8-3-4-13(2)6-8/h3-4,6H,5H2,1-2H3,(H,10,12). The molecule has 0 saturated heterocycles. The molecule has 0 aromatic carbocycles. The second-order valence-corrected chi connectivity index (χ2v) is 4.35. The van der Waals surface area contributed by atoms with Gasteiger partial charge in [-0.05, 0) is 18.6 Å². The molecule has 0 atom stereocenters. The molecule has 0 aliphatic rings. The molecule has 0 fully saturated rings. The number of rotatable bonds is 3. The lowest BCUT2D eigenvalue weighted by molar-refractivity contribution is 0.919. The zero-order valence-electron chi connectivity index (χ0n) is 8.19. The van der Waals surface area contributed by atoms with Gasteiger partial charge in [-0.25, -0.2) is 0 Å². The monoisotopic (exact) mass is 208 g/mol. The van der Waals surface area contributed by atoms with Crippen molar-refractivity contribution in [2.24, 2.45) is 7.05 Å². The predicted octanol–water partition coefficient (Wildman–Crippen LogP) is 1.80. The second-order valence-electron chi connectivity index (χ2n) is 3.17. The molecule has 0 bridgehead atoms. The quantitative estimate of drug-likeness (QED) is 0.836. The lowest BCUT2D eigenvalue weighted by Crippen LogP contribution is -1.97. The van der Waals surface area contributed by atoms with Gasteiger partial charge in [0.15, 0.2) is 0 Å². The van der Waals surface area contributed by atoms with E-state index in [9.17, 15) is 0 Å². The Morgan fingerprint density at radius 1 is 1.50 bits per heavy atom. The third-order valence-corrected chi connectivity index (χ3v) is 2.66. The zero-order chi connectivity index (χ0) is 9.97. The summed E-state index contributed by atoms with van der Waals surface area (Å²) in [5.41, 5.74) is 1.25. The Hall–Kier alpha value is -1.36. The second kappa shape index (κ2) is 3.79. The van der Waals surface area contributed by atoms with E-state index in [4.69, 9.17) is 0 Å². The van der Waals surface area contributed by atoms with Gasteiger partial charge in [0.2, 0.25) is 5.13 Å². The van der Waals surface area contributed by atoms with E-state index in [2.05, 4.69) is 27.8 Å². The Labute approximate surface area is 86.6 Å². The normalized spacial score (nSPS) is 10.4. The van der Waals surface area contributed by atoms with Crippen LogP contribution in [0, 0.1) is 6.92 Å². The highest BCUT2D eigenvalue weighted by molar-refractivity contribution is 7.15. The predicted molar refractivity (Wildman–Crippen MR) is 57.4 cm³/mol. The minimum atomic E-state index is 0.801. The molecule has 0 amide bonds. The number of hydrogen-bond donors (Lipinski definition) is 1. The molecular formula is C9H12N4S. The van der Waals surface area contributed by atoms with Crippen molar-refractivity contribution in [2.45, 2.75) is 13.5 Å². The summed E-state index contributed by atoms with van der Waals surface area (Å²) in [4.78, 5) is 0. The summed E-state index contributed by atoms with van der Waals surface area (Å²) in [5.74, 6) is 0. The first kappa shape index (κ1) is 9.21. The van der Waals surface area contributed by atoms with Crippen LogP contribution >= 0.6 is 11.3 Å². The van der Waals surface area contributed by atoms with E-state index >= 15 is 0 Å². The van der Waals surface area contributed by atoms with Gasteiger partial charge in [-0.1, -0.05) is 11.3 Å². The molecule has 0 radical (unpaired) electrons. The van der Waals surface area contributed by atoms with Crippen molar-refractivity contribution in [3.63, 3.8) is 0 Å². The minimum Gasteiger partial charge on any atom is -0.357 e. The summed E-state index contributed by atoms with van der Waals surface area (Å²) in [6.45, 7) is 2.75. The van der Waals surface area contributed by atoms with Gasteiger partial charge in [-0.15, -0.1) is 10.2 Å². The van der Waals surface area contributed by atoms with E-state index in [0.717, 1.165) is 16.7 Å². The lowest BCUT2D eigenvalue weighted by atomic mass is 10.3. The molecule has 2 rings (SSSR count). The lowest BCUT2D eigenvalue weighted by Gasteiger charge is -1.97. The smallest absolute Gasteiger partial charge is 0.205 e. The van der Waals surface area contributed by atoms with Crippen LogP contribution in [0.4, 0.5) is 5.13 Å². The van der Waals surface area contributed by atoms with Gasteiger partial charge in [-0.2, -0.15) is 0 Å². The van der Waals surface area contributed by atoms with Crippen LogP contribution in [0.3, 0.4) is 0 Å². The van der Waals surface area contributed by atoms with Crippen molar-refractivity contribution in [1.29, 1.82) is 0 Å². The van der Waals surface area contributed by atoms with E-state index in [0.29, 0.717) is 0 Å². The molecule has 2 heterocycles. The summed E-state index contributed by atoms with van der Waals surface area (Å²) < 4.78 is 2.03. The largest absolute Gasteiger partial charge is 0.357 e. The van der Waals surface area contributed by atoms with Crippen LogP contribution in [-0.4, -0.2) is 14.8 Å². The average Bonchev–Trinajstić information content (AvgIpc) is 2.72. The van der Waals surface area contributed by atoms with Crippen LogP contribution in [0.25, 0.3) is 0 Å². The molecule has 0 unspecified atom stereocenters. The van der Waals surface area contributed by atoms with Gasteiger partial charge in [-0.3, -0.25) is 0 Å². The first-order valence-electron chi connectivity index (χ1n) is 4.39. The van der Waals surface area contributed by atoms with Gasteiger partial charge in [0, 0.05) is 26.0 Å². The first-order valence-corrected chi connectivity index (χ1v) is 5.20. The van der Waals surface area contributed by atoms with E-state index in [1.54, 1.807) is 11.3 Å². The number of hydrogen-bond acceptors (Lipinski definition) is 4. The van der Waals surface area contributed by atoms with Crippen molar-refractivity contribution in [3.8, 4) is 0 Å². The summed E-state index contributed by atoms with van der Waals surface area (Å²) in [6, 6.07) is 2.08. The molecule has 0 saturated carbocycles. The molecule has 14 heavy (non-hydrogen) atoms. The Morgan fingerprint density at radius 3 is 2.93 bits per heavy atom. The SMILES string of the molecule is Cc1nnc(NCc2ccn(C)c2)s1. The zero-order valence-corrected chi connectivity index (χ0v) is 9.01. The Morgan fingerprint density at radius 2 is 2.36 bits per heavy atom. The number of aryl methyl sites for hydroxylation is 2. The van der Waals surface area contributed by atoms with E-state index in [1.807, 2.05) is 24.7 Å². The molecule has 2 aromatic rings. The first-order chi connectivity index (χ1) is 6.74. The Bertz CT molecular complexity index is 378. The van der Waals surface area contributed by atoms with E-state index in [1.165, 1.54) is 5.56 Å². The van der Waals surface area contributed by atoms with Gasteiger partial charge in [0.05, 0.1) is 0 Å². The molecule has 4 nitrogen and oxygen atoms in total. The summed E-state index contributed by atoms with van der Waals surface area (Å²) in [6.07, 6.45) is 4.11. The molecule has 0 aliphatic heterocycles. The molecule has 0 spiro atoms. The maximum absolute atomic E-state index is 3.99. The minimum absolute atomic E-state index is 0.801. The number of nitrogens with zero attached hydrogens (tertiary/aromatic N) is 3.